The lowest BCUT2D eigenvalue weighted by Crippen LogP contribution is -2.20. The summed E-state index contributed by atoms with van der Waals surface area (Å²) >= 11 is 0. The molecule has 0 heterocycles. The maximum absolute atomic E-state index is 11.2. The van der Waals surface area contributed by atoms with Gasteiger partial charge in [0.15, 0.2) is 0 Å². The molecule has 0 aromatic heterocycles. The summed E-state index contributed by atoms with van der Waals surface area (Å²) in [6.45, 7) is 4.83. The van der Waals surface area contributed by atoms with Gasteiger partial charge in [-0.25, -0.2) is 13.6 Å². The van der Waals surface area contributed by atoms with Crippen LogP contribution in [-0.4, -0.2) is 13.5 Å². The lowest BCUT2D eigenvalue weighted by molar-refractivity contribution is 0.0776. The van der Waals surface area contributed by atoms with Gasteiger partial charge in [0, 0.05) is 0 Å². The second kappa shape index (κ2) is 3.59. The number of hydrogen-bond donors (Lipinski definition) is 2. The largest absolute Gasteiger partial charge is 0.386 e. The van der Waals surface area contributed by atoms with E-state index in [9.17, 15) is 13.5 Å². The number of benzene rings is 1. The molecule has 3 N–H and O–H groups in total. The molecule has 0 bridgehead atoms. The third kappa shape index (κ3) is 2.56. The van der Waals surface area contributed by atoms with Crippen LogP contribution in [0.4, 0.5) is 0 Å². The molecule has 0 aliphatic heterocycles. The van der Waals surface area contributed by atoms with Crippen molar-refractivity contribution in [1.82, 2.24) is 0 Å². The topological polar surface area (TPSA) is 80.4 Å². The van der Waals surface area contributed by atoms with E-state index in [1.807, 2.05) is 0 Å². The van der Waals surface area contributed by atoms with Crippen molar-refractivity contribution in [2.45, 2.75) is 31.3 Å². The Kier molecular flexibility index (Phi) is 2.91. The van der Waals surface area contributed by atoms with Crippen molar-refractivity contribution in [3.05, 3.63) is 29.3 Å². The molecule has 1 aromatic rings. The van der Waals surface area contributed by atoms with Crippen LogP contribution in [0.1, 0.15) is 25.0 Å². The van der Waals surface area contributed by atoms with E-state index in [0.29, 0.717) is 11.1 Å². The summed E-state index contributed by atoms with van der Waals surface area (Å²) in [5.74, 6) is 0. The van der Waals surface area contributed by atoms with E-state index in [-0.39, 0.29) is 4.90 Å². The van der Waals surface area contributed by atoms with E-state index >= 15 is 0 Å². The fraction of sp³-hybridized carbons (Fsp3) is 0.400. The van der Waals surface area contributed by atoms with Crippen LogP contribution < -0.4 is 5.14 Å². The summed E-state index contributed by atoms with van der Waals surface area (Å²) in [5.41, 5.74) is -0.0216. The quantitative estimate of drug-likeness (QED) is 0.789. The first-order chi connectivity index (χ1) is 6.64. The smallest absolute Gasteiger partial charge is 0.238 e. The molecule has 0 amide bonds. The van der Waals surface area contributed by atoms with Crippen LogP contribution in [0.3, 0.4) is 0 Å². The molecule has 0 radical (unpaired) electrons. The van der Waals surface area contributed by atoms with Crippen molar-refractivity contribution in [1.29, 1.82) is 0 Å². The monoisotopic (exact) mass is 229 g/mol. The van der Waals surface area contributed by atoms with Crippen molar-refractivity contribution < 1.29 is 13.5 Å². The second-order valence-electron chi connectivity index (χ2n) is 4.03. The van der Waals surface area contributed by atoms with Gasteiger partial charge in [-0.05, 0) is 38.0 Å². The van der Waals surface area contributed by atoms with Gasteiger partial charge in [-0.2, -0.15) is 0 Å². The van der Waals surface area contributed by atoms with Gasteiger partial charge in [-0.15, -0.1) is 0 Å². The van der Waals surface area contributed by atoms with Gasteiger partial charge in [0.25, 0.3) is 0 Å². The minimum absolute atomic E-state index is 0.0575. The van der Waals surface area contributed by atoms with Crippen molar-refractivity contribution in [3.8, 4) is 0 Å². The third-order valence-electron chi connectivity index (χ3n) is 2.25. The Morgan fingerprint density at radius 3 is 2.27 bits per heavy atom. The zero-order chi connectivity index (χ0) is 11.9. The highest BCUT2D eigenvalue weighted by Gasteiger charge is 2.22. The van der Waals surface area contributed by atoms with Crippen molar-refractivity contribution in [2.75, 3.05) is 0 Å². The van der Waals surface area contributed by atoms with E-state index in [1.165, 1.54) is 6.07 Å². The molecule has 0 unspecified atom stereocenters. The minimum atomic E-state index is -3.73. The average molecular weight is 229 g/mol. The molecule has 1 rings (SSSR count). The number of rotatable bonds is 2. The molecular formula is C10H15NO3S. The molecule has 0 aliphatic rings. The summed E-state index contributed by atoms with van der Waals surface area (Å²) in [6, 6.07) is 4.68. The summed E-state index contributed by atoms with van der Waals surface area (Å²) < 4.78 is 22.5. The summed E-state index contributed by atoms with van der Waals surface area (Å²) in [7, 11) is -3.73. The van der Waals surface area contributed by atoms with Crippen molar-refractivity contribution in [3.63, 3.8) is 0 Å². The van der Waals surface area contributed by atoms with Crippen LogP contribution in [0.5, 0.6) is 0 Å². The van der Waals surface area contributed by atoms with Gasteiger partial charge in [0.1, 0.15) is 0 Å². The first-order valence-corrected chi connectivity index (χ1v) is 6.04. The number of sulfonamides is 1. The second-order valence-corrected chi connectivity index (χ2v) is 5.56. The molecular weight excluding hydrogens is 214 g/mol. The molecule has 1 aromatic carbocycles. The van der Waals surface area contributed by atoms with Crippen LogP contribution in [0.2, 0.25) is 0 Å². The van der Waals surface area contributed by atoms with Gasteiger partial charge in [-0.3, -0.25) is 0 Å². The van der Waals surface area contributed by atoms with E-state index < -0.39 is 15.6 Å². The van der Waals surface area contributed by atoms with Crippen LogP contribution in [0, 0.1) is 6.92 Å². The van der Waals surface area contributed by atoms with Crippen LogP contribution in [0.25, 0.3) is 0 Å². The Labute approximate surface area is 89.8 Å². The van der Waals surface area contributed by atoms with E-state index in [2.05, 4.69) is 0 Å². The Bertz CT molecular complexity index is 472. The fourth-order valence-electron chi connectivity index (χ4n) is 1.59. The van der Waals surface area contributed by atoms with Crippen molar-refractivity contribution >= 4 is 10.0 Å². The number of hydrogen-bond acceptors (Lipinski definition) is 3. The Balaban J connectivity index is 3.51. The molecule has 5 heteroatoms. The Morgan fingerprint density at radius 1 is 1.33 bits per heavy atom. The highest BCUT2D eigenvalue weighted by Crippen LogP contribution is 2.26. The van der Waals surface area contributed by atoms with Crippen LogP contribution >= 0.6 is 0 Å². The van der Waals surface area contributed by atoms with Crippen molar-refractivity contribution in [2.24, 2.45) is 5.14 Å². The number of nitrogens with two attached hydrogens (primary N) is 1. The third-order valence-corrected chi connectivity index (χ3v) is 3.31. The standard InChI is InChI=1S/C10H15NO3S/c1-7-8(10(2,3)12)5-4-6-9(7)15(11,13)14/h4-6,12H,1-3H3,(H2,11,13,14). The molecule has 0 aliphatic carbocycles. The first-order valence-electron chi connectivity index (χ1n) is 4.49. The average Bonchev–Trinajstić information content (AvgIpc) is 1.99. The molecule has 0 atom stereocenters. The zero-order valence-corrected chi connectivity index (χ0v) is 9.80. The summed E-state index contributed by atoms with van der Waals surface area (Å²) in [5, 5.41) is 14.9. The minimum Gasteiger partial charge on any atom is -0.386 e. The molecule has 0 saturated carbocycles. The van der Waals surface area contributed by atoms with Gasteiger partial charge in [0.05, 0.1) is 10.5 Å². The Hall–Kier alpha value is -0.910. The molecule has 0 spiro atoms. The summed E-state index contributed by atoms with van der Waals surface area (Å²) in [4.78, 5) is 0.0575. The maximum atomic E-state index is 11.2. The molecule has 0 saturated heterocycles. The highest BCUT2D eigenvalue weighted by atomic mass is 32.2. The number of primary sulfonamides is 1. The zero-order valence-electron chi connectivity index (χ0n) is 8.98. The first kappa shape index (κ1) is 12.2. The highest BCUT2D eigenvalue weighted by molar-refractivity contribution is 7.89. The lowest BCUT2D eigenvalue weighted by Gasteiger charge is -2.21. The lowest BCUT2D eigenvalue weighted by atomic mass is 9.94. The predicted molar refractivity (Wildman–Crippen MR) is 57.8 cm³/mol. The SMILES string of the molecule is Cc1c(C(C)(C)O)cccc1S(N)(=O)=O. The van der Waals surface area contributed by atoms with Gasteiger partial charge in [0.2, 0.25) is 10.0 Å². The molecule has 84 valence electrons. The fourth-order valence-corrected chi connectivity index (χ4v) is 2.39. The van der Waals surface area contributed by atoms with E-state index in [0.717, 1.165) is 0 Å². The van der Waals surface area contributed by atoms with Crippen LogP contribution in [0.15, 0.2) is 23.1 Å². The van der Waals surface area contributed by atoms with Crippen LogP contribution in [-0.2, 0) is 15.6 Å². The van der Waals surface area contributed by atoms with Gasteiger partial charge < -0.3 is 5.11 Å². The molecule has 0 fully saturated rings. The summed E-state index contributed by atoms with van der Waals surface area (Å²) in [6.07, 6.45) is 0. The molecule has 15 heavy (non-hydrogen) atoms. The maximum Gasteiger partial charge on any atom is 0.238 e. The predicted octanol–water partition coefficient (Wildman–Crippen LogP) is 0.870. The Morgan fingerprint density at radius 2 is 1.87 bits per heavy atom. The number of aliphatic hydroxyl groups is 1. The normalized spacial score (nSPS) is 12.9. The van der Waals surface area contributed by atoms with E-state index in [4.69, 9.17) is 5.14 Å². The van der Waals surface area contributed by atoms with Gasteiger partial charge in [-0.1, -0.05) is 12.1 Å². The molecule has 4 nitrogen and oxygen atoms in total. The van der Waals surface area contributed by atoms with E-state index in [1.54, 1.807) is 32.9 Å². The van der Waals surface area contributed by atoms with Gasteiger partial charge >= 0.3 is 0 Å².